The van der Waals surface area contributed by atoms with Gasteiger partial charge < -0.3 is 15.4 Å². The second-order valence-electron chi connectivity index (χ2n) is 5.03. The highest BCUT2D eigenvalue weighted by molar-refractivity contribution is 6.32. The average molecular weight is 297 g/mol. The molecule has 0 aliphatic carbocycles. The van der Waals surface area contributed by atoms with Gasteiger partial charge in [0.1, 0.15) is 5.75 Å². The van der Waals surface area contributed by atoms with Crippen molar-refractivity contribution in [1.82, 2.24) is 4.90 Å². The van der Waals surface area contributed by atoms with E-state index in [0.717, 1.165) is 25.8 Å². The molecule has 1 aliphatic heterocycles. The van der Waals surface area contributed by atoms with Gasteiger partial charge in [0.2, 0.25) is 0 Å². The Morgan fingerprint density at radius 1 is 1.40 bits per heavy atom. The Morgan fingerprint density at radius 3 is 2.95 bits per heavy atom. The zero-order valence-corrected chi connectivity index (χ0v) is 12.3. The molecule has 2 rings (SSSR count). The molecular formula is C15H21ClN2O2. The summed E-state index contributed by atoms with van der Waals surface area (Å²) < 4.78 is 5.52. The van der Waals surface area contributed by atoms with Crippen LogP contribution in [-0.4, -0.2) is 36.5 Å². The van der Waals surface area contributed by atoms with Gasteiger partial charge in [-0.25, -0.2) is 0 Å². The minimum absolute atomic E-state index is 0.0167. The zero-order chi connectivity index (χ0) is 14.4. The molecule has 1 unspecified atom stereocenters. The molecule has 2 N–H and O–H groups in total. The Morgan fingerprint density at radius 2 is 2.20 bits per heavy atom. The van der Waals surface area contributed by atoms with Crippen LogP contribution < -0.4 is 10.5 Å². The topological polar surface area (TPSA) is 55.6 Å². The first-order valence-corrected chi connectivity index (χ1v) is 7.47. The Hall–Kier alpha value is -1.26. The zero-order valence-electron chi connectivity index (χ0n) is 11.6. The SMILES string of the molecule is NCCC1CCCCN1C(=O)COc1ccccc1Cl. The van der Waals surface area contributed by atoms with Crippen LogP contribution in [0.25, 0.3) is 0 Å². The van der Waals surface area contributed by atoms with Crippen LogP contribution in [0.4, 0.5) is 0 Å². The average Bonchev–Trinajstić information content (AvgIpc) is 2.47. The fourth-order valence-electron chi connectivity index (χ4n) is 2.61. The molecule has 0 aromatic heterocycles. The summed E-state index contributed by atoms with van der Waals surface area (Å²) in [6, 6.07) is 7.45. The number of rotatable bonds is 5. The van der Waals surface area contributed by atoms with Crippen LogP contribution in [0.1, 0.15) is 25.7 Å². The van der Waals surface area contributed by atoms with Gasteiger partial charge in [-0.05, 0) is 44.4 Å². The van der Waals surface area contributed by atoms with E-state index in [0.29, 0.717) is 17.3 Å². The molecule has 1 aliphatic rings. The molecule has 1 amide bonds. The van der Waals surface area contributed by atoms with E-state index in [9.17, 15) is 4.79 Å². The van der Waals surface area contributed by atoms with Gasteiger partial charge in [-0.15, -0.1) is 0 Å². The van der Waals surface area contributed by atoms with Gasteiger partial charge >= 0.3 is 0 Å². The van der Waals surface area contributed by atoms with Gasteiger partial charge in [0.15, 0.2) is 6.61 Å². The molecule has 5 heteroatoms. The quantitative estimate of drug-likeness (QED) is 0.908. The van der Waals surface area contributed by atoms with Crippen molar-refractivity contribution in [3.8, 4) is 5.75 Å². The lowest BCUT2D eigenvalue weighted by Gasteiger charge is -2.35. The largest absolute Gasteiger partial charge is 0.482 e. The Balaban J connectivity index is 1.91. The molecule has 1 aromatic rings. The lowest BCUT2D eigenvalue weighted by Crippen LogP contribution is -2.46. The van der Waals surface area contributed by atoms with E-state index in [4.69, 9.17) is 22.1 Å². The lowest BCUT2D eigenvalue weighted by molar-refractivity contribution is -0.137. The van der Waals surface area contributed by atoms with E-state index in [1.807, 2.05) is 17.0 Å². The number of amides is 1. The van der Waals surface area contributed by atoms with Crippen LogP contribution in [0, 0.1) is 0 Å². The maximum absolute atomic E-state index is 12.3. The molecule has 0 radical (unpaired) electrons. The molecular weight excluding hydrogens is 276 g/mol. The van der Waals surface area contributed by atoms with E-state index >= 15 is 0 Å². The van der Waals surface area contributed by atoms with Gasteiger partial charge in [-0.3, -0.25) is 4.79 Å². The number of carbonyl (C=O) groups excluding carboxylic acids is 1. The fourth-order valence-corrected chi connectivity index (χ4v) is 2.80. The van der Waals surface area contributed by atoms with Crippen molar-refractivity contribution in [3.63, 3.8) is 0 Å². The number of likely N-dealkylation sites (tertiary alicyclic amines) is 1. The van der Waals surface area contributed by atoms with Crippen LogP contribution in [0.3, 0.4) is 0 Å². The Kier molecular flexibility index (Phi) is 5.68. The first-order valence-electron chi connectivity index (χ1n) is 7.09. The minimum Gasteiger partial charge on any atom is -0.482 e. The summed E-state index contributed by atoms with van der Waals surface area (Å²) >= 11 is 6.01. The molecule has 0 spiro atoms. The van der Waals surface area contributed by atoms with Crippen molar-refractivity contribution in [2.75, 3.05) is 19.7 Å². The number of halogens is 1. The summed E-state index contributed by atoms with van der Waals surface area (Å²) in [6.07, 6.45) is 4.12. The number of piperidine rings is 1. The number of para-hydroxylation sites is 1. The second kappa shape index (κ2) is 7.50. The molecule has 1 atom stereocenters. The number of hydrogen-bond donors (Lipinski definition) is 1. The van der Waals surface area contributed by atoms with Gasteiger partial charge in [0.05, 0.1) is 5.02 Å². The van der Waals surface area contributed by atoms with Gasteiger partial charge in [0.25, 0.3) is 5.91 Å². The van der Waals surface area contributed by atoms with Crippen LogP contribution in [-0.2, 0) is 4.79 Å². The van der Waals surface area contributed by atoms with E-state index in [2.05, 4.69) is 0 Å². The highest BCUT2D eigenvalue weighted by atomic mass is 35.5. The van der Waals surface area contributed by atoms with E-state index in [1.165, 1.54) is 6.42 Å². The van der Waals surface area contributed by atoms with E-state index < -0.39 is 0 Å². The lowest BCUT2D eigenvalue weighted by atomic mass is 9.99. The van der Waals surface area contributed by atoms with Crippen LogP contribution in [0.5, 0.6) is 5.75 Å². The third-order valence-electron chi connectivity index (χ3n) is 3.64. The Labute approximate surface area is 124 Å². The molecule has 0 bridgehead atoms. The molecule has 0 saturated carbocycles. The standard InChI is InChI=1S/C15H21ClN2O2/c16-13-6-1-2-7-14(13)20-11-15(19)18-10-4-3-5-12(18)8-9-17/h1-2,6-7,12H,3-5,8-11,17H2. The van der Waals surface area contributed by atoms with Crippen LogP contribution in [0.2, 0.25) is 5.02 Å². The summed E-state index contributed by atoms with van der Waals surface area (Å²) in [5.41, 5.74) is 5.62. The first kappa shape index (κ1) is 15.1. The maximum Gasteiger partial charge on any atom is 0.260 e. The second-order valence-corrected chi connectivity index (χ2v) is 5.44. The number of hydrogen-bond acceptors (Lipinski definition) is 3. The molecule has 1 aromatic carbocycles. The molecule has 1 heterocycles. The van der Waals surface area contributed by atoms with Crippen LogP contribution >= 0.6 is 11.6 Å². The normalized spacial score (nSPS) is 18.9. The van der Waals surface area contributed by atoms with Crippen molar-refractivity contribution in [2.45, 2.75) is 31.7 Å². The number of nitrogens with zero attached hydrogens (tertiary/aromatic N) is 1. The predicted molar refractivity (Wildman–Crippen MR) is 80.0 cm³/mol. The summed E-state index contributed by atoms with van der Waals surface area (Å²) in [7, 11) is 0. The summed E-state index contributed by atoms with van der Waals surface area (Å²) in [5, 5.41) is 0.525. The van der Waals surface area contributed by atoms with Crippen molar-refractivity contribution >= 4 is 17.5 Å². The van der Waals surface area contributed by atoms with Crippen molar-refractivity contribution in [3.05, 3.63) is 29.3 Å². The van der Waals surface area contributed by atoms with Gasteiger partial charge in [-0.1, -0.05) is 23.7 Å². The van der Waals surface area contributed by atoms with Crippen molar-refractivity contribution in [1.29, 1.82) is 0 Å². The number of carbonyl (C=O) groups is 1. The minimum atomic E-state index is 0.0167. The fraction of sp³-hybridized carbons (Fsp3) is 0.533. The number of nitrogens with two attached hydrogens (primary N) is 1. The van der Waals surface area contributed by atoms with Crippen molar-refractivity contribution in [2.24, 2.45) is 5.73 Å². The highest BCUT2D eigenvalue weighted by Crippen LogP contribution is 2.24. The maximum atomic E-state index is 12.3. The van der Waals surface area contributed by atoms with Crippen molar-refractivity contribution < 1.29 is 9.53 Å². The third kappa shape index (κ3) is 3.87. The van der Waals surface area contributed by atoms with Gasteiger partial charge in [-0.2, -0.15) is 0 Å². The molecule has 1 fully saturated rings. The molecule has 20 heavy (non-hydrogen) atoms. The smallest absolute Gasteiger partial charge is 0.260 e. The predicted octanol–water partition coefficient (Wildman–Crippen LogP) is 2.45. The number of ether oxygens (including phenoxy) is 1. The summed E-state index contributed by atoms with van der Waals surface area (Å²) in [4.78, 5) is 14.2. The molecule has 4 nitrogen and oxygen atoms in total. The van der Waals surface area contributed by atoms with Gasteiger partial charge in [0, 0.05) is 12.6 Å². The van der Waals surface area contributed by atoms with E-state index in [1.54, 1.807) is 12.1 Å². The molecule has 110 valence electrons. The highest BCUT2D eigenvalue weighted by Gasteiger charge is 2.26. The Bertz CT molecular complexity index is 451. The number of benzene rings is 1. The summed E-state index contributed by atoms with van der Waals surface area (Å²) in [6.45, 7) is 1.44. The first-order chi connectivity index (χ1) is 9.72. The van der Waals surface area contributed by atoms with E-state index in [-0.39, 0.29) is 18.6 Å². The summed E-state index contributed by atoms with van der Waals surface area (Å²) in [5.74, 6) is 0.568. The molecule has 1 saturated heterocycles. The van der Waals surface area contributed by atoms with Crippen LogP contribution in [0.15, 0.2) is 24.3 Å². The monoisotopic (exact) mass is 296 g/mol. The third-order valence-corrected chi connectivity index (χ3v) is 3.95.